The van der Waals surface area contributed by atoms with Crippen LogP contribution in [0.3, 0.4) is 0 Å². The highest BCUT2D eigenvalue weighted by atomic mass is 16.5. The molecule has 0 aromatic rings. The quantitative estimate of drug-likeness (QED) is 0.562. The van der Waals surface area contributed by atoms with Crippen LogP contribution in [0.1, 0.15) is 27.2 Å². The molecule has 0 fully saturated rings. The third-order valence-electron chi connectivity index (χ3n) is 1.62. The molecule has 3 nitrogen and oxygen atoms in total. The summed E-state index contributed by atoms with van der Waals surface area (Å²) in [6.45, 7) is 8.31. The van der Waals surface area contributed by atoms with Crippen molar-refractivity contribution in [3.05, 3.63) is 0 Å². The van der Waals surface area contributed by atoms with Gasteiger partial charge in [0.25, 0.3) is 0 Å². The monoisotopic (exact) mass is 175 g/mol. The van der Waals surface area contributed by atoms with Crippen LogP contribution >= 0.6 is 0 Å². The molecule has 0 aliphatic rings. The van der Waals surface area contributed by atoms with Crippen LogP contribution in [0.4, 0.5) is 0 Å². The zero-order valence-corrected chi connectivity index (χ0v) is 8.34. The maximum atomic E-state index is 8.95. The minimum Gasteiger partial charge on any atom is -0.393 e. The largest absolute Gasteiger partial charge is 0.393 e. The molecule has 0 aliphatic carbocycles. The number of rotatable bonds is 7. The highest BCUT2D eigenvalue weighted by Crippen LogP contribution is 1.89. The molecule has 2 atom stereocenters. The van der Waals surface area contributed by atoms with Crippen molar-refractivity contribution in [2.45, 2.75) is 39.4 Å². The predicted molar refractivity (Wildman–Crippen MR) is 50.3 cm³/mol. The van der Waals surface area contributed by atoms with Crippen LogP contribution in [0.2, 0.25) is 0 Å². The molecule has 0 aliphatic heterocycles. The lowest BCUT2D eigenvalue weighted by Gasteiger charge is -2.12. The van der Waals surface area contributed by atoms with Gasteiger partial charge < -0.3 is 15.2 Å². The lowest BCUT2D eigenvalue weighted by molar-refractivity contribution is 0.0752. The van der Waals surface area contributed by atoms with Crippen molar-refractivity contribution in [2.24, 2.45) is 0 Å². The molecule has 2 N–H and O–H groups in total. The third-order valence-corrected chi connectivity index (χ3v) is 1.62. The Kier molecular flexibility index (Phi) is 7.45. The summed E-state index contributed by atoms with van der Waals surface area (Å²) in [7, 11) is 0. The van der Waals surface area contributed by atoms with Gasteiger partial charge in [0.05, 0.1) is 12.2 Å². The van der Waals surface area contributed by atoms with Gasteiger partial charge in [0, 0.05) is 13.2 Å². The van der Waals surface area contributed by atoms with Crippen molar-refractivity contribution < 1.29 is 9.84 Å². The number of nitrogens with one attached hydrogen (secondary N) is 1. The lowest BCUT2D eigenvalue weighted by atomic mass is 10.3. The van der Waals surface area contributed by atoms with Gasteiger partial charge in [-0.3, -0.25) is 0 Å². The highest BCUT2D eigenvalue weighted by Gasteiger charge is 1.99. The van der Waals surface area contributed by atoms with Gasteiger partial charge in [-0.1, -0.05) is 0 Å². The van der Waals surface area contributed by atoms with Crippen LogP contribution in [0.25, 0.3) is 0 Å². The summed E-state index contributed by atoms with van der Waals surface area (Å²) in [5.74, 6) is 0. The summed E-state index contributed by atoms with van der Waals surface area (Å²) in [6.07, 6.45) is 0.864. The number of hydrogen-bond donors (Lipinski definition) is 2. The molecule has 0 rings (SSSR count). The molecule has 0 spiro atoms. The van der Waals surface area contributed by atoms with Crippen LogP contribution in [0, 0.1) is 0 Å². The molecule has 2 unspecified atom stereocenters. The first-order valence-corrected chi connectivity index (χ1v) is 4.67. The fraction of sp³-hybridized carbons (Fsp3) is 1.00. The number of hydrogen-bond acceptors (Lipinski definition) is 3. The van der Waals surface area contributed by atoms with Crippen molar-refractivity contribution in [1.29, 1.82) is 0 Å². The van der Waals surface area contributed by atoms with Gasteiger partial charge in [0.15, 0.2) is 0 Å². The number of aliphatic hydroxyl groups is 1. The van der Waals surface area contributed by atoms with Crippen LogP contribution in [-0.2, 0) is 4.74 Å². The van der Waals surface area contributed by atoms with Crippen molar-refractivity contribution in [3.8, 4) is 0 Å². The van der Waals surface area contributed by atoms with E-state index in [0.29, 0.717) is 0 Å². The maximum Gasteiger partial charge on any atom is 0.0671 e. The zero-order chi connectivity index (χ0) is 9.40. The Labute approximate surface area is 75.1 Å². The zero-order valence-electron chi connectivity index (χ0n) is 8.34. The van der Waals surface area contributed by atoms with E-state index in [9.17, 15) is 0 Å². The first-order valence-electron chi connectivity index (χ1n) is 4.67. The van der Waals surface area contributed by atoms with E-state index < -0.39 is 0 Å². The van der Waals surface area contributed by atoms with Gasteiger partial charge in [-0.15, -0.1) is 0 Å². The Balaban J connectivity index is 3.08. The van der Waals surface area contributed by atoms with Gasteiger partial charge in [-0.05, 0) is 33.7 Å². The fourth-order valence-corrected chi connectivity index (χ4v) is 0.960. The maximum absolute atomic E-state index is 8.95. The molecule has 74 valence electrons. The molecule has 0 heterocycles. The van der Waals surface area contributed by atoms with Crippen LogP contribution < -0.4 is 5.32 Å². The topological polar surface area (TPSA) is 41.5 Å². The molecule has 0 radical (unpaired) electrons. The van der Waals surface area contributed by atoms with Crippen LogP contribution in [0.15, 0.2) is 0 Å². The van der Waals surface area contributed by atoms with Gasteiger partial charge in [-0.25, -0.2) is 0 Å². The van der Waals surface area contributed by atoms with E-state index in [1.54, 1.807) is 6.92 Å². The van der Waals surface area contributed by atoms with E-state index >= 15 is 0 Å². The van der Waals surface area contributed by atoms with Gasteiger partial charge in [0.1, 0.15) is 0 Å². The van der Waals surface area contributed by atoms with Crippen LogP contribution in [0.5, 0.6) is 0 Å². The average Bonchev–Trinajstić information content (AvgIpc) is 1.98. The number of aliphatic hydroxyl groups excluding tert-OH is 1. The van der Waals surface area contributed by atoms with Crippen LogP contribution in [-0.4, -0.2) is 37.0 Å². The molecule has 0 amide bonds. The second kappa shape index (κ2) is 7.53. The molecule has 0 saturated heterocycles. The summed E-state index contributed by atoms with van der Waals surface area (Å²) < 4.78 is 5.32. The lowest BCUT2D eigenvalue weighted by Crippen LogP contribution is -2.28. The van der Waals surface area contributed by atoms with Gasteiger partial charge >= 0.3 is 0 Å². The standard InChI is InChI=1S/C9H21NO2/c1-4-12-9(3)7-10-6-5-8(2)11/h8-11H,4-7H2,1-3H3. The van der Waals surface area contributed by atoms with Crippen molar-refractivity contribution >= 4 is 0 Å². The Bertz CT molecular complexity index is 96.5. The van der Waals surface area contributed by atoms with E-state index in [2.05, 4.69) is 5.32 Å². The van der Waals surface area contributed by atoms with Crippen molar-refractivity contribution in [2.75, 3.05) is 19.7 Å². The second-order valence-corrected chi connectivity index (χ2v) is 3.11. The Morgan fingerprint density at radius 3 is 2.58 bits per heavy atom. The first-order chi connectivity index (χ1) is 5.66. The van der Waals surface area contributed by atoms with E-state index in [4.69, 9.17) is 9.84 Å². The Morgan fingerprint density at radius 2 is 2.08 bits per heavy atom. The SMILES string of the molecule is CCOC(C)CNCCC(C)O. The molecule has 12 heavy (non-hydrogen) atoms. The summed E-state index contributed by atoms with van der Waals surface area (Å²) in [4.78, 5) is 0. The Hall–Kier alpha value is -0.120. The van der Waals surface area contributed by atoms with Gasteiger partial charge in [-0.2, -0.15) is 0 Å². The van der Waals surface area contributed by atoms with Crippen molar-refractivity contribution in [3.63, 3.8) is 0 Å². The van der Waals surface area contributed by atoms with Crippen molar-refractivity contribution in [1.82, 2.24) is 5.32 Å². The summed E-state index contributed by atoms with van der Waals surface area (Å²) in [5.41, 5.74) is 0. The predicted octanol–water partition coefficient (Wildman–Crippen LogP) is 0.772. The van der Waals surface area contributed by atoms with E-state index in [1.807, 2.05) is 13.8 Å². The summed E-state index contributed by atoms with van der Waals surface area (Å²) in [5, 5.41) is 12.2. The molecule has 3 heteroatoms. The third kappa shape index (κ3) is 7.98. The normalized spacial score (nSPS) is 16.0. The smallest absolute Gasteiger partial charge is 0.0671 e. The molecular weight excluding hydrogens is 154 g/mol. The minimum absolute atomic E-state index is 0.208. The summed E-state index contributed by atoms with van der Waals surface area (Å²) >= 11 is 0. The Morgan fingerprint density at radius 1 is 1.42 bits per heavy atom. The first kappa shape index (κ1) is 11.9. The van der Waals surface area contributed by atoms with Gasteiger partial charge in [0.2, 0.25) is 0 Å². The molecule has 0 saturated carbocycles. The average molecular weight is 175 g/mol. The number of ether oxygens (including phenoxy) is 1. The molecular formula is C9H21NO2. The molecule has 0 bridgehead atoms. The molecule has 0 aromatic heterocycles. The minimum atomic E-state index is -0.208. The summed E-state index contributed by atoms with van der Waals surface area (Å²) in [6, 6.07) is 0. The second-order valence-electron chi connectivity index (χ2n) is 3.11. The highest BCUT2D eigenvalue weighted by molar-refractivity contribution is 4.56. The van der Waals surface area contributed by atoms with E-state index in [1.165, 1.54) is 0 Å². The molecule has 0 aromatic carbocycles. The fourth-order valence-electron chi connectivity index (χ4n) is 0.960. The van der Waals surface area contributed by atoms with E-state index in [0.717, 1.165) is 26.1 Å². The van der Waals surface area contributed by atoms with E-state index in [-0.39, 0.29) is 12.2 Å².